The number of aryl methyl sites for hydroxylation is 3. The summed E-state index contributed by atoms with van der Waals surface area (Å²) in [6, 6.07) is 2.08. The molecule has 1 aliphatic rings. The fourth-order valence-corrected chi connectivity index (χ4v) is 3.89. The number of nitrogens with zero attached hydrogens (tertiary/aromatic N) is 6. The largest absolute Gasteiger partial charge is 0.335 e. The van der Waals surface area contributed by atoms with Gasteiger partial charge in [0.2, 0.25) is 5.78 Å². The Morgan fingerprint density at radius 3 is 2.88 bits per heavy atom. The Balaban J connectivity index is 1.58. The van der Waals surface area contributed by atoms with E-state index in [9.17, 15) is 4.79 Å². The fourth-order valence-electron chi connectivity index (χ4n) is 3.89. The van der Waals surface area contributed by atoms with Gasteiger partial charge >= 0.3 is 0 Å². The van der Waals surface area contributed by atoms with E-state index in [1.807, 2.05) is 47.8 Å². The molecular formula is C19H24N6O. The number of likely N-dealkylation sites (tertiary alicyclic amines) is 1. The Morgan fingerprint density at radius 2 is 2.08 bits per heavy atom. The van der Waals surface area contributed by atoms with Gasteiger partial charge in [0.1, 0.15) is 11.5 Å². The number of rotatable bonds is 4. The quantitative estimate of drug-likeness (QED) is 0.724. The molecule has 1 unspecified atom stereocenters. The lowest BCUT2D eigenvalue weighted by Crippen LogP contribution is -2.44. The summed E-state index contributed by atoms with van der Waals surface area (Å²) in [5, 5.41) is 0. The SMILES string of the molecule is Cc1nc2ncccn2c1C(=O)N1CCCCC1CCn1ccnc1C. The summed E-state index contributed by atoms with van der Waals surface area (Å²) in [6.45, 7) is 5.58. The van der Waals surface area contributed by atoms with Crippen LogP contribution in [0.5, 0.6) is 0 Å². The van der Waals surface area contributed by atoms with Crippen LogP contribution in [0.2, 0.25) is 0 Å². The second kappa shape index (κ2) is 6.90. The Morgan fingerprint density at radius 1 is 1.19 bits per heavy atom. The summed E-state index contributed by atoms with van der Waals surface area (Å²) in [6.07, 6.45) is 11.6. The van der Waals surface area contributed by atoms with Gasteiger partial charge in [0, 0.05) is 43.9 Å². The van der Waals surface area contributed by atoms with Gasteiger partial charge in [-0.25, -0.2) is 15.0 Å². The molecule has 4 heterocycles. The molecule has 3 aromatic heterocycles. The first-order chi connectivity index (χ1) is 12.6. The Kier molecular flexibility index (Phi) is 4.44. The predicted molar refractivity (Wildman–Crippen MR) is 98.0 cm³/mol. The van der Waals surface area contributed by atoms with Crippen LogP contribution in [0.1, 0.15) is 47.7 Å². The number of hydrogen-bond acceptors (Lipinski definition) is 4. The van der Waals surface area contributed by atoms with Crippen molar-refractivity contribution >= 4 is 11.7 Å². The molecule has 7 heteroatoms. The lowest BCUT2D eigenvalue weighted by Gasteiger charge is -2.36. The van der Waals surface area contributed by atoms with Crippen LogP contribution in [0.4, 0.5) is 0 Å². The van der Waals surface area contributed by atoms with Crippen LogP contribution in [0.3, 0.4) is 0 Å². The third kappa shape index (κ3) is 2.98. The number of carbonyl (C=O) groups is 1. The highest BCUT2D eigenvalue weighted by atomic mass is 16.2. The number of piperidine rings is 1. The van der Waals surface area contributed by atoms with Crippen LogP contribution < -0.4 is 0 Å². The second-order valence-corrected chi connectivity index (χ2v) is 6.94. The van der Waals surface area contributed by atoms with Crippen LogP contribution in [0, 0.1) is 13.8 Å². The molecule has 7 nitrogen and oxygen atoms in total. The summed E-state index contributed by atoms with van der Waals surface area (Å²) in [7, 11) is 0. The molecule has 1 amide bonds. The highest BCUT2D eigenvalue weighted by Crippen LogP contribution is 2.24. The number of carbonyl (C=O) groups excluding carboxylic acids is 1. The van der Waals surface area contributed by atoms with Crippen molar-refractivity contribution in [1.82, 2.24) is 28.8 Å². The maximum atomic E-state index is 13.4. The average Bonchev–Trinajstić information content (AvgIpc) is 3.21. The van der Waals surface area contributed by atoms with Gasteiger partial charge in [0.15, 0.2) is 0 Å². The number of hydrogen-bond donors (Lipinski definition) is 0. The van der Waals surface area contributed by atoms with Crippen LogP contribution in [-0.4, -0.2) is 47.3 Å². The molecule has 1 atom stereocenters. The summed E-state index contributed by atoms with van der Waals surface area (Å²) in [5.74, 6) is 1.66. The molecule has 4 rings (SSSR count). The maximum absolute atomic E-state index is 13.4. The zero-order chi connectivity index (χ0) is 18.1. The van der Waals surface area contributed by atoms with Crippen molar-refractivity contribution < 1.29 is 4.79 Å². The Labute approximate surface area is 152 Å². The smallest absolute Gasteiger partial charge is 0.273 e. The van der Waals surface area contributed by atoms with E-state index in [1.54, 1.807) is 6.20 Å². The van der Waals surface area contributed by atoms with E-state index in [1.165, 1.54) is 6.42 Å². The molecular weight excluding hydrogens is 328 g/mol. The van der Waals surface area contributed by atoms with Gasteiger partial charge in [-0.1, -0.05) is 0 Å². The summed E-state index contributed by atoms with van der Waals surface area (Å²) >= 11 is 0. The van der Waals surface area contributed by atoms with E-state index in [2.05, 4.69) is 19.5 Å². The topological polar surface area (TPSA) is 68.3 Å². The molecule has 1 aliphatic heterocycles. The number of aromatic nitrogens is 5. The normalized spacial score (nSPS) is 17.8. The van der Waals surface area contributed by atoms with Crippen molar-refractivity contribution in [2.75, 3.05) is 6.54 Å². The molecule has 0 bridgehead atoms. The third-order valence-corrected chi connectivity index (χ3v) is 5.30. The van der Waals surface area contributed by atoms with Gasteiger partial charge in [0.05, 0.1) is 5.69 Å². The second-order valence-electron chi connectivity index (χ2n) is 6.94. The number of amides is 1. The van der Waals surface area contributed by atoms with Crippen LogP contribution in [0.25, 0.3) is 5.78 Å². The number of imidazole rings is 2. The van der Waals surface area contributed by atoms with E-state index in [-0.39, 0.29) is 11.9 Å². The van der Waals surface area contributed by atoms with E-state index < -0.39 is 0 Å². The first-order valence-corrected chi connectivity index (χ1v) is 9.23. The summed E-state index contributed by atoms with van der Waals surface area (Å²) < 4.78 is 3.96. The molecule has 0 radical (unpaired) electrons. The van der Waals surface area contributed by atoms with Gasteiger partial charge in [-0.15, -0.1) is 0 Å². The van der Waals surface area contributed by atoms with Gasteiger partial charge in [-0.2, -0.15) is 0 Å². The standard InChI is InChI=1S/C19H24N6O/c1-14-17(25-11-5-8-21-19(25)22-14)18(26)24-10-4-3-6-16(24)7-12-23-13-9-20-15(23)2/h5,8-9,11,13,16H,3-4,6-7,10,12H2,1-2H3. The van der Waals surface area contributed by atoms with E-state index in [4.69, 9.17) is 0 Å². The molecule has 136 valence electrons. The summed E-state index contributed by atoms with van der Waals surface area (Å²) in [5.41, 5.74) is 1.38. The molecule has 1 saturated heterocycles. The van der Waals surface area contributed by atoms with Gasteiger partial charge in [-0.3, -0.25) is 9.20 Å². The lowest BCUT2D eigenvalue weighted by atomic mass is 9.98. The lowest BCUT2D eigenvalue weighted by molar-refractivity contribution is 0.0587. The van der Waals surface area contributed by atoms with Crippen molar-refractivity contribution in [3.63, 3.8) is 0 Å². The maximum Gasteiger partial charge on any atom is 0.273 e. The molecule has 26 heavy (non-hydrogen) atoms. The third-order valence-electron chi connectivity index (χ3n) is 5.30. The molecule has 0 saturated carbocycles. The first kappa shape index (κ1) is 16.8. The monoisotopic (exact) mass is 352 g/mol. The number of fused-ring (bicyclic) bond motifs is 1. The minimum absolute atomic E-state index is 0.0649. The van der Waals surface area contributed by atoms with E-state index in [0.29, 0.717) is 11.5 Å². The highest BCUT2D eigenvalue weighted by molar-refractivity contribution is 5.94. The van der Waals surface area contributed by atoms with Gasteiger partial charge in [-0.05, 0) is 45.6 Å². The zero-order valence-corrected chi connectivity index (χ0v) is 15.3. The van der Waals surface area contributed by atoms with Crippen molar-refractivity contribution in [3.8, 4) is 0 Å². The minimum Gasteiger partial charge on any atom is -0.335 e. The molecule has 3 aromatic rings. The predicted octanol–water partition coefficient (Wildman–Crippen LogP) is 2.63. The summed E-state index contributed by atoms with van der Waals surface area (Å²) in [4.78, 5) is 28.4. The van der Waals surface area contributed by atoms with E-state index >= 15 is 0 Å². The van der Waals surface area contributed by atoms with Crippen molar-refractivity contribution in [3.05, 3.63) is 48.1 Å². The van der Waals surface area contributed by atoms with E-state index in [0.717, 1.165) is 43.9 Å². The van der Waals surface area contributed by atoms with Gasteiger partial charge in [0.25, 0.3) is 5.91 Å². The molecule has 1 fully saturated rings. The van der Waals surface area contributed by atoms with Gasteiger partial charge < -0.3 is 9.47 Å². The Bertz CT molecular complexity index is 927. The minimum atomic E-state index is 0.0649. The zero-order valence-electron chi connectivity index (χ0n) is 15.3. The van der Waals surface area contributed by atoms with Crippen LogP contribution in [-0.2, 0) is 6.54 Å². The van der Waals surface area contributed by atoms with Crippen LogP contribution >= 0.6 is 0 Å². The van der Waals surface area contributed by atoms with Crippen LogP contribution in [0.15, 0.2) is 30.9 Å². The molecule has 0 aromatic carbocycles. The van der Waals surface area contributed by atoms with Crippen molar-refractivity contribution in [2.24, 2.45) is 0 Å². The fraction of sp³-hybridized carbons (Fsp3) is 0.474. The highest BCUT2D eigenvalue weighted by Gasteiger charge is 2.30. The average molecular weight is 352 g/mol. The molecule has 0 spiro atoms. The Hall–Kier alpha value is -2.70. The van der Waals surface area contributed by atoms with Crippen molar-refractivity contribution in [2.45, 2.75) is 52.1 Å². The van der Waals surface area contributed by atoms with Crippen molar-refractivity contribution in [1.29, 1.82) is 0 Å². The first-order valence-electron chi connectivity index (χ1n) is 9.23. The molecule has 0 N–H and O–H groups in total. The molecule has 0 aliphatic carbocycles.